The lowest BCUT2D eigenvalue weighted by molar-refractivity contribution is -0.147. The number of hydrogen-bond acceptors (Lipinski definition) is 4. The number of ether oxygens (including phenoxy) is 1. The van der Waals surface area contributed by atoms with Crippen LogP contribution in [-0.4, -0.2) is 30.8 Å². The predicted molar refractivity (Wildman–Crippen MR) is 54.1 cm³/mol. The van der Waals surface area contributed by atoms with Crippen molar-refractivity contribution in [3.63, 3.8) is 0 Å². The molecule has 0 aliphatic carbocycles. The highest BCUT2D eigenvalue weighted by Crippen LogP contribution is 1.98. The van der Waals surface area contributed by atoms with Crippen LogP contribution < -0.4 is 5.32 Å². The Kier molecular flexibility index (Phi) is 6.33. The minimum atomic E-state index is -0.596. The van der Waals surface area contributed by atoms with Gasteiger partial charge in [-0.1, -0.05) is 13.8 Å². The third kappa shape index (κ3) is 6.65. The molecule has 5 heteroatoms. The Morgan fingerprint density at radius 1 is 1.33 bits per heavy atom. The number of amides is 1. The number of Topliss-reactive ketones (excluding diaryl/α,β-unsaturated/α-hetero) is 1. The standard InChI is InChI=1S/C10H17NO4/c1-4-7(2)10(14)11-5-9(13)15-6-8(3)12/h7H,4-6H2,1-3H3,(H,11,14)/t7-/m0/s1. The number of rotatable bonds is 6. The molecule has 1 amide bonds. The molecular weight excluding hydrogens is 198 g/mol. The van der Waals surface area contributed by atoms with E-state index in [0.717, 1.165) is 0 Å². The van der Waals surface area contributed by atoms with Gasteiger partial charge in [-0.15, -0.1) is 0 Å². The summed E-state index contributed by atoms with van der Waals surface area (Å²) in [6.07, 6.45) is 0.717. The van der Waals surface area contributed by atoms with Crippen LogP contribution in [0.5, 0.6) is 0 Å². The van der Waals surface area contributed by atoms with Crippen molar-refractivity contribution in [1.29, 1.82) is 0 Å². The summed E-state index contributed by atoms with van der Waals surface area (Å²) in [7, 11) is 0. The third-order valence-corrected chi connectivity index (χ3v) is 1.90. The van der Waals surface area contributed by atoms with Gasteiger partial charge < -0.3 is 10.1 Å². The number of carbonyl (C=O) groups is 3. The van der Waals surface area contributed by atoms with Gasteiger partial charge in [0.15, 0.2) is 5.78 Å². The summed E-state index contributed by atoms with van der Waals surface area (Å²) in [5.41, 5.74) is 0. The zero-order valence-corrected chi connectivity index (χ0v) is 9.33. The van der Waals surface area contributed by atoms with E-state index in [-0.39, 0.29) is 30.8 Å². The van der Waals surface area contributed by atoms with Crippen LogP contribution >= 0.6 is 0 Å². The van der Waals surface area contributed by atoms with Crippen LogP contribution in [0.1, 0.15) is 27.2 Å². The Hall–Kier alpha value is -1.39. The average molecular weight is 215 g/mol. The summed E-state index contributed by atoms with van der Waals surface area (Å²) in [5.74, 6) is -1.12. The quantitative estimate of drug-likeness (QED) is 0.646. The summed E-state index contributed by atoms with van der Waals surface area (Å²) in [4.78, 5) is 32.7. The molecule has 0 aromatic carbocycles. The van der Waals surface area contributed by atoms with E-state index in [2.05, 4.69) is 10.1 Å². The minimum absolute atomic E-state index is 0.120. The first-order valence-electron chi connectivity index (χ1n) is 4.90. The highest BCUT2D eigenvalue weighted by Gasteiger charge is 2.12. The second kappa shape index (κ2) is 6.98. The Morgan fingerprint density at radius 3 is 2.40 bits per heavy atom. The highest BCUT2D eigenvalue weighted by molar-refractivity contribution is 5.84. The van der Waals surface area contributed by atoms with E-state index in [1.807, 2.05) is 6.92 Å². The molecule has 0 spiro atoms. The number of nitrogens with one attached hydrogen (secondary N) is 1. The van der Waals surface area contributed by atoms with E-state index >= 15 is 0 Å². The van der Waals surface area contributed by atoms with Crippen LogP contribution in [0.3, 0.4) is 0 Å². The topological polar surface area (TPSA) is 72.5 Å². The summed E-state index contributed by atoms with van der Waals surface area (Å²) in [6, 6.07) is 0. The minimum Gasteiger partial charge on any atom is -0.456 e. The monoisotopic (exact) mass is 215 g/mol. The lowest BCUT2D eigenvalue weighted by atomic mass is 10.1. The van der Waals surface area contributed by atoms with E-state index in [4.69, 9.17) is 0 Å². The molecule has 0 rings (SSSR count). The van der Waals surface area contributed by atoms with Crippen molar-refractivity contribution in [3.05, 3.63) is 0 Å². The van der Waals surface area contributed by atoms with Crippen molar-refractivity contribution in [2.45, 2.75) is 27.2 Å². The Labute approximate surface area is 89.2 Å². The first-order chi connectivity index (χ1) is 6.97. The predicted octanol–water partition coefficient (Wildman–Crippen LogP) is 0.281. The van der Waals surface area contributed by atoms with Crippen LogP contribution in [0.25, 0.3) is 0 Å². The maximum Gasteiger partial charge on any atom is 0.325 e. The van der Waals surface area contributed by atoms with Crippen molar-refractivity contribution in [2.75, 3.05) is 13.2 Å². The molecule has 1 N–H and O–H groups in total. The lowest BCUT2D eigenvalue weighted by Crippen LogP contribution is -2.34. The number of carbonyl (C=O) groups excluding carboxylic acids is 3. The first-order valence-corrected chi connectivity index (χ1v) is 4.90. The van der Waals surface area contributed by atoms with E-state index in [1.54, 1.807) is 6.92 Å². The van der Waals surface area contributed by atoms with Crippen LogP contribution in [0.4, 0.5) is 0 Å². The molecule has 0 heterocycles. The second-order valence-corrected chi connectivity index (χ2v) is 3.39. The molecule has 0 aliphatic rings. The zero-order valence-electron chi connectivity index (χ0n) is 9.33. The second-order valence-electron chi connectivity index (χ2n) is 3.39. The van der Waals surface area contributed by atoms with Gasteiger partial charge in [0.05, 0.1) is 0 Å². The molecule has 5 nitrogen and oxygen atoms in total. The van der Waals surface area contributed by atoms with Crippen molar-refractivity contribution >= 4 is 17.7 Å². The van der Waals surface area contributed by atoms with Gasteiger partial charge in [0.25, 0.3) is 0 Å². The lowest BCUT2D eigenvalue weighted by Gasteiger charge is -2.09. The van der Waals surface area contributed by atoms with E-state index < -0.39 is 5.97 Å². The van der Waals surface area contributed by atoms with Crippen LogP contribution in [0, 0.1) is 5.92 Å². The first kappa shape index (κ1) is 13.6. The van der Waals surface area contributed by atoms with Gasteiger partial charge in [-0.25, -0.2) is 0 Å². The van der Waals surface area contributed by atoms with E-state index in [1.165, 1.54) is 6.92 Å². The van der Waals surface area contributed by atoms with Gasteiger partial charge in [-0.2, -0.15) is 0 Å². The fourth-order valence-corrected chi connectivity index (χ4v) is 0.752. The third-order valence-electron chi connectivity index (χ3n) is 1.90. The van der Waals surface area contributed by atoms with Gasteiger partial charge in [0, 0.05) is 5.92 Å². The van der Waals surface area contributed by atoms with Gasteiger partial charge in [-0.3, -0.25) is 14.4 Å². The summed E-state index contributed by atoms with van der Waals surface area (Å²) in [5, 5.41) is 2.43. The van der Waals surface area contributed by atoms with Gasteiger partial charge in [0.1, 0.15) is 13.2 Å². The molecule has 0 fully saturated rings. The molecule has 1 atom stereocenters. The van der Waals surface area contributed by atoms with E-state index in [9.17, 15) is 14.4 Å². The number of esters is 1. The Bertz CT molecular complexity index is 250. The molecule has 86 valence electrons. The smallest absolute Gasteiger partial charge is 0.325 e. The van der Waals surface area contributed by atoms with Crippen molar-refractivity contribution in [2.24, 2.45) is 5.92 Å². The average Bonchev–Trinajstić information content (AvgIpc) is 2.21. The van der Waals surface area contributed by atoms with Crippen molar-refractivity contribution in [1.82, 2.24) is 5.32 Å². The normalized spacial score (nSPS) is 11.7. The van der Waals surface area contributed by atoms with Crippen molar-refractivity contribution in [3.8, 4) is 0 Å². The molecule has 0 aliphatic heterocycles. The largest absolute Gasteiger partial charge is 0.456 e. The molecule has 0 unspecified atom stereocenters. The van der Waals surface area contributed by atoms with Gasteiger partial charge in [0.2, 0.25) is 5.91 Å². The molecule has 15 heavy (non-hydrogen) atoms. The maximum atomic E-state index is 11.2. The molecule has 0 aromatic rings. The Balaban J connectivity index is 3.71. The molecule has 0 bridgehead atoms. The molecule has 0 aromatic heterocycles. The SMILES string of the molecule is CC[C@H](C)C(=O)NCC(=O)OCC(C)=O. The van der Waals surface area contributed by atoms with Crippen LogP contribution in [0.2, 0.25) is 0 Å². The molecule has 0 radical (unpaired) electrons. The fourth-order valence-electron chi connectivity index (χ4n) is 0.752. The summed E-state index contributed by atoms with van der Waals surface area (Å²) < 4.78 is 4.56. The molecule has 0 saturated heterocycles. The number of ketones is 1. The molecular formula is C10H17NO4. The maximum absolute atomic E-state index is 11.2. The molecule has 0 saturated carbocycles. The van der Waals surface area contributed by atoms with Gasteiger partial charge >= 0.3 is 5.97 Å². The fraction of sp³-hybridized carbons (Fsp3) is 0.700. The summed E-state index contributed by atoms with van der Waals surface area (Å²) >= 11 is 0. The Morgan fingerprint density at radius 2 is 1.93 bits per heavy atom. The van der Waals surface area contributed by atoms with E-state index in [0.29, 0.717) is 6.42 Å². The number of hydrogen-bond donors (Lipinski definition) is 1. The highest BCUT2D eigenvalue weighted by atomic mass is 16.5. The van der Waals surface area contributed by atoms with Crippen LogP contribution in [0.15, 0.2) is 0 Å². The van der Waals surface area contributed by atoms with Gasteiger partial charge in [-0.05, 0) is 13.3 Å². The van der Waals surface area contributed by atoms with Crippen molar-refractivity contribution < 1.29 is 19.1 Å². The van der Waals surface area contributed by atoms with Crippen LogP contribution in [-0.2, 0) is 19.1 Å². The zero-order chi connectivity index (χ0) is 11.8. The summed E-state index contributed by atoms with van der Waals surface area (Å²) in [6.45, 7) is 4.56.